The summed E-state index contributed by atoms with van der Waals surface area (Å²) in [4.78, 5) is 24.2. The molecule has 0 aromatic heterocycles. The number of ether oxygens (including phenoxy) is 2. The molecule has 2 N–H and O–H groups in total. The molecular weight excluding hydrogens is 438 g/mol. The van der Waals surface area contributed by atoms with Gasteiger partial charge < -0.3 is 20.1 Å². The van der Waals surface area contributed by atoms with Gasteiger partial charge in [0, 0.05) is 12.1 Å². The van der Waals surface area contributed by atoms with Crippen molar-refractivity contribution in [3.05, 3.63) is 44.4 Å². The molecule has 0 aliphatic heterocycles. The number of anilines is 2. The third-order valence-electron chi connectivity index (χ3n) is 3.35. The van der Waals surface area contributed by atoms with E-state index in [0.29, 0.717) is 11.5 Å². The summed E-state index contributed by atoms with van der Waals surface area (Å²) in [6.07, 6.45) is -0.472. The van der Waals surface area contributed by atoms with Crippen molar-refractivity contribution in [1.82, 2.24) is 0 Å². The topological polar surface area (TPSA) is 76.7 Å². The largest absolute Gasteiger partial charge is 0.495 e. The zero-order valence-electron chi connectivity index (χ0n) is 14.2. The molecule has 2 aromatic carbocycles. The molecule has 0 aliphatic carbocycles. The van der Waals surface area contributed by atoms with Crippen LogP contribution in [-0.2, 0) is 9.59 Å². The number of halogens is 4. The summed E-state index contributed by atoms with van der Waals surface area (Å²) in [5.74, 6) is -0.454. The highest BCUT2D eigenvalue weighted by atomic mass is 35.5. The molecule has 2 rings (SSSR count). The monoisotopic (exact) mass is 450 g/mol. The lowest BCUT2D eigenvalue weighted by molar-refractivity contribution is -0.123. The van der Waals surface area contributed by atoms with Crippen LogP contribution in [0.3, 0.4) is 0 Å². The Labute approximate surface area is 175 Å². The Hall–Kier alpha value is -1.86. The van der Waals surface area contributed by atoms with Crippen molar-refractivity contribution < 1.29 is 19.1 Å². The van der Waals surface area contributed by atoms with Crippen LogP contribution in [0, 0.1) is 0 Å². The molecule has 0 saturated heterocycles. The molecule has 0 unspecified atom stereocenters. The van der Waals surface area contributed by atoms with Crippen LogP contribution in [0.25, 0.3) is 0 Å². The average molecular weight is 452 g/mol. The summed E-state index contributed by atoms with van der Waals surface area (Å²) in [6, 6.07) is 5.77. The van der Waals surface area contributed by atoms with Gasteiger partial charge in [0.05, 0.1) is 45.7 Å². The van der Waals surface area contributed by atoms with Gasteiger partial charge in [-0.15, -0.1) is 0 Å². The van der Waals surface area contributed by atoms with E-state index >= 15 is 0 Å². The molecule has 0 saturated carbocycles. The first-order valence-corrected chi connectivity index (χ1v) is 8.92. The number of methoxy groups -OCH3 is 2. The number of carbonyl (C=O) groups excluding carboxylic acids is 2. The Kier molecular flexibility index (Phi) is 7.44. The quantitative estimate of drug-likeness (QED) is 0.585. The van der Waals surface area contributed by atoms with Crippen LogP contribution in [0.2, 0.25) is 20.1 Å². The highest BCUT2D eigenvalue weighted by Gasteiger charge is 2.16. The first kappa shape index (κ1) is 21.4. The number of nitrogens with one attached hydrogen (secondary N) is 2. The highest BCUT2D eigenvalue weighted by molar-refractivity contribution is 6.37. The van der Waals surface area contributed by atoms with Crippen molar-refractivity contribution in [3.8, 4) is 11.5 Å². The summed E-state index contributed by atoms with van der Waals surface area (Å²) in [7, 11) is 2.88. The van der Waals surface area contributed by atoms with Crippen molar-refractivity contribution in [2.45, 2.75) is 6.42 Å². The zero-order chi connectivity index (χ0) is 20.1. The number of amides is 2. The summed E-state index contributed by atoms with van der Waals surface area (Å²) < 4.78 is 10.1. The Bertz CT molecular complexity index is 818. The maximum absolute atomic E-state index is 12.1. The molecule has 0 bridgehead atoms. The minimum absolute atomic E-state index is 0.218. The van der Waals surface area contributed by atoms with Crippen molar-refractivity contribution in [1.29, 1.82) is 0 Å². The SMILES string of the molecule is COc1cc(Cl)c(NC(=O)CC(=O)Nc2cc(Cl)c(OC)cc2Cl)cc1Cl. The number of carbonyl (C=O) groups is 2. The van der Waals surface area contributed by atoms with E-state index in [4.69, 9.17) is 55.9 Å². The second-order valence-corrected chi connectivity index (χ2v) is 6.84. The highest BCUT2D eigenvalue weighted by Crippen LogP contribution is 2.35. The predicted molar refractivity (Wildman–Crippen MR) is 108 cm³/mol. The molecule has 10 heteroatoms. The number of benzene rings is 2. The van der Waals surface area contributed by atoms with Crippen LogP contribution in [0.5, 0.6) is 11.5 Å². The average Bonchev–Trinajstić information content (AvgIpc) is 2.60. The smallest absolute Gasteiger partial charge is 0.233 e. The molecule has 0 radical (unpaired) electrons. The molecule has 0 spiro atoms. The first-order valence-electron chi connectivity index (χ1n) is 7.41. The Morgan fingerprint density at radius 2 is 1.11 bits per heavy atom. The van der Waals surface area contributed by atoms with Gasteiger partial charge in [0.1, 0.15) is 17.9 Å². The fraction of sp³-hybridized carbons (Fsp3) is 0.176. The van der Waals surface area contributed by atoms with Gasteiger partial charge in [0.15, 0.2) is 0 Å². The van der Waals surface area contributed by atoms with E-state index in [9.17, 15) is 9.59 Å². The molecule has 144 valence electrons. The predicted octanol–water partition coefficient (Wildman–Crippen LogP) is 5.28. The zero-order valence-corrected chi connectivity index (χ0v) is 17.2. The van der Waals surface area contributed by atoms with Crippen molar-refractivity contribution >= 4 is 69.6 Å². The Morgan fingerprint density at radius 3 is 1.44 bits per heavy atom. The Morgan fingerprint density at radius 1 is 0.741 bits per heavy atom. The Balaban J connectivity index is 2.03. The van der Waals surface area contributed by atoms with Crippen LogP contribution in [0.15, 0.2) is 24.3 Å². The molecule has 0 heterocycles. The second kappa shape index (κ2) is 9.37. The second-order valence-electron chi connectivity index (χ2n) is 5.21. The molecule has 2 aromatic rings. The summed E-state index contributed by atoms with van der Waals surface area (Å²) >= 11 is 24.1. The number of rotatable bonds is 6. The van der Waals surface area contributed by atoms with Crippen LogP contribution < -0.4 is 20.1 Å². The van der Waals surface area contributed by atoms with Gasteiger partial charge in [-0.3, -0.25) is 9.59 Å². The van der Waals surface area contributed by atoms with Gasteiger partial charge >= 0.3 is 0 Å². The van der Waals surface area contributed by atoms with E-state index in [-0.39, 0.29) is 31.5 Å². The lowest BCUT2D eigenvalue weighted by Crippen LogP contribution is -2.21. The van der Waals surface area contributed by atoms with Crippen LogP contribution in [0.1, 0.15) is 6.42 Å². The van der Waals surface area contributed by atoms with Crippen LogP contribution in [-0.4, -0.2) is 26.0 Å². The lowest BCUT2D eigenvalue weighted by atomic mass is 10.2. The first-order chi connectivity index (χ1) is 12.7. The van der Waals surface area contributed by atoms with Crippen molar-refractivity contribution in [3.63, 3.8) is 0 Å². The minimum atomic E-state index is -0.591. The molecule has 0 aliphatic rings. The van der Waals surface area contributed by atoms with Gasteiger partial charge in [-0.25, -0.2) is 0 Å². The van der Waals surface area contributed by atoms with Gasteiger partial charge in [-0.1, -0.05) is 46.4 Å². The summed E-state index contributed by atoms with van der Waals surface area (Å²) in [5, 5.41) is 5.99. The van der Waals surface area contributed by atoms with E-state index in [1.807, 2.05) is 0 Å². The molecular formula is C17H14Cl4N2O4. The standard InChI is InChI=1S/C17H14Cl4N2O4/c1-26-14-5-8(18)12(3-10(14)20)22-16(24)7-17(25)23-13-4-11(21)15(27-2)6-9(13)19/h3-6H,7H2,1-2H3,(H,22,24)(H,23,25). The van der Waals surface area contributed by atoms with E-state index in [0.717, 1.165) is 0 Å². The van der Waals surface area contributed by atoms with Crippen LogP contribution >= 0.6 is 46.4 Å². The third kappa shape index (κ3) is 5.56. The lowest BCUT2D eigenvalue weighted by Gasteiger charge is -2.12. The normalized spacial score (nSPS) is 10.3. The third-order valence-corrected chi connectivity index (χ3v) is 4.57. The van der Waals surface area contributed by atoms with E-state index in [1.54, 1.807) is 0 Å². The van der Waals surface area contributed by atoms with Crippen LogP contribution in [0.4, 0.5) is 11.4 Å². The molecule has 27 heavy (non-hydrogen) atoms. The minimum Gasteiger partial charge on any atom is -0.495 e. The molecule has 0 atom stereocenters. The number of hydrogen-bond donors (Lipinski definition) is 2. The molecule has 6 nitrogen and oxygen atoms in total. The molecule has 2 amide bonds. The van der Waals surface area contributed by atoms with Gasteiger partial charge in [0.25, 0.3) is 0 Å². The van der Waals surface area contributed by atoms with Crippen molar-refractivity contribution in [2.24, 2.45) is 0 Å². The maximum Gasteiger partial charge on any atom is 0.233 e. The number of hydrogen-bond acceptors (Lipinski definition) is 4. The molecule has 0 fully saturated rings. The maximum atomic E-state index is 12.1. The van der Waals surface area contributed by atoms with E-state index in [1.165, 1.54) is 38.5 Å². The van der Waals surface area contributed by atoms with Gasteiger partial charge in [0.2, 0.25) is 11.8 Å². The summed E-state index contributed by atoms with van der Waals surface area (Å²) in [6.45, 7) is 0. The van der Waals surface area contributed by atoms with E-state index in [2.05, 4.69) is 10.6 Å². The fourth-order valence-corrected chi connectivity index (χ4v) is 2.98. The summed E-state index contributed by atoms with van der Waals surface area (Å²) in [5.41, 5.74) is 0.511. The van der Waals surface area contributed by atoms with E-state index < -0.39 is 18.2 Å². The fourth-order valence-electron chi connectivity index (χ4n) is 2.10. The van der Waals surface area contributed by atoms with Gasteiger partial charge in [-0.2, -0.15) is 0 Å². The van der Waals surface area contributed by atoms with Crippen molar-refractivity contribution in [2.75, 3.05) is 24.9 Å². The van der Waals surface area contributed by atoms with Gasteiger partial charge in [-0.05, 0) is 12.1 Å².